The van der Waals surface area contributed by atoms with Gasteiger partial charge in [0.05, 0.1) is 74.1 Å². The molecule has 0 fully saturated rings. The summed E-state index contributed by atoms with van der Waals surface area (Å²) in [5.41, 5.74) is -0.0919. The zero-order valence-electron chi connectivity index (χ0n) is 11.3. The standard InChI is InChI=1S/C11H15I3N2O2S/c1-10(2,11(3,4)19-5)15(12)6-7(16(13)14)9(18)8(6)17/h1-5H3. The molecule has 0 aliphatic heterocycles. The van der Waals surface area contributed by atoms with E-state index in [0.717, 1.165) is 0 Å². The Morgan fingerprint density at radius 1 is 0.947 bits per heavy atom. The van der Waals surface area contributed by atoms with Gasteiger partial charge in [-0.2, -0.15) is 11.8 Å². The van der Waals surface area contributed by atoms with Crippen molar-refractivity contribution < 1.29 is 0 Å². The van der Waals surface area contributed by atoms with E-state index in [1.165, 1.54) is 0 Å². The fourth-order valence-electron chi connectivity index (χ4n) is 1.47. The van der Waals surface area contributed by atoms with Gasteiger partial charge in [-0.25, -0.2) is 1.33 Å². The van der Waals surface area contributed by atoms with Crippen molar-refractivity contribution in [1.82, 2.24) is 0 Å². The predicted octanol–water partition coefficient (Wildman–Crippen LogP) is 3.87. The van der Waals surface area contributed by atoms with E-state index in [-0.39, 0.29) is 10.3 Å². The van der Waals surface area contributed by atoms with Crippen LogP contribution in [0.25, 0.3) is 0 Å². The summed E-state index contributed by atoms with van der Waals surface area (Å²) in [4.78, 5) is 23.6. The minimum absolute atomic E-state index is 0.0629. The summed E-state index contributed by atoms with van der Waals surface area (Å²) < 4.78 is 3.50. The first kappa shape index (κ1) is 18.3. The number of halogens is 3. The summed E-state index contributed by atoms with van der Waals surface area (Å²) in [6.07, 6.45) is 2.05. The molecule has 0 unspecified atom stereocenters. The summed E-state index contributed by atoms with van der Waals surface area (Å²) in [6.45, 7) is 8.45. The molecular weight excluding hydrogens is 605 g/mol. The topological polar surface area (TPSA) is 40.6 Å². The summed E-state index contributed by atoms with van der Waals surface area (Å²) in [6, 6.07) is 0. The van der Waals surface area contributed by atoms with Crippen LogP contribution in [-0.4, -0.2) is 16.5 Å². The molecule has 0 saturated heterocycles. The number of rotatable bonds is 5. The average molecular weight is 620 g/mol. The zero-order valence-corrected chi connectivity index (χ0v) is 18.5. The third-order valence-corrected chi connectivity index (χ3v) is 7.87. The molecule has 0 heterocycles. The Bertz CT molecular complexity index is 550. The molecule has 1 aromatic carbocycles. The maximum Gasteiger partial charge on any atom is 0.255 e. The molecule has 108 valence electrons. The molecule has 8 heteroatoms. The first-order valence-electron chi connectivity index (χ1n) is 5.45. The molecule has 19 heavy (non-hydrogen) atoms. The normalized spacial score (nSPS) is 12.8. The molecule has 0 aliphatic rings. The van der Waals surface area contributed by atoms with Gasteiger partial charge in [0.2, 0.25) is 0 Å². The Morgan fingerprint density at radius 2 is 1.37 bits per heavy atom. The van der Waals surface area contributed by atoms with Gasteiger partial charge < -0.3 is 3.11 Å². The van der Waals surface area contributed by atoms with Crippen molar-refractivity contribution in [3.05, 3.63) is 20.4 Å². The van der Waals surface area contributed by atoms with Crippen molar-refractivity contribution in [2.75, 3.05) is 10.7 Å². The molecule has 0 radical (unpaired) electrons. The van der Waals surface area contributed by atoms with Crippen molar-refractivity contribution in [3.8, 4) is 0 Å². The molecule has 0 bridgehead atoms. The Morgan fingerprint density at radius 3 is 1.74 bits per heavy atom. The van der Waals surface area contributed by atoms with E-state index >= 15 is 0 Å². The first-order valence-corrected chi connectivity index (χ1v) is 9.57. The van der Waals surface area contributed by atoms with Gasteiger partial charge in [0, 0.05) is 4.75 Å². The number of hydrogen-bond donors (Lipinski definition) is 0. The van der Waals surface area contributed by atoms with Crippen LogP contribution >= 0.6 is 80.4 Å². The Kier molecular flexibility index (Phi) is 5.91. The molecule has 0 saturated carbocycles. The highest BCUT2D eigenvalue weighted by atomic mass is 127. The molecule has 0 aliphatic carbocycles. The van der Waals surface area contributed by atoms with Crippen LogP contribution in [0.5, 0.6) is 0 Å². The minimum Gasteiger partial charge on any atom is -0.302 e. The van der Waals surface area contributed by atoms with Crippen LogP contribution in [0.4, 0.5) is 11.4 Å². The molecule has 0 atom stereocenters. The Hall–Kier alpha value is 1.22. The van der Waals surface area contributed by atoms with E-state index in [4.69, 9.17) is 0 Å². The maximum absolute atomic E-state index is 11.9. The second kappa shape index (κ2) is 6.15. The van der Waals surface area contributed by atoms with Crippen LogP contribution in [-0.2, 0) is 0 Å². The summed E-state index contributed by atoms with van der Waals surface area (Å²) in [5.74, 6) is 0. The van der Waals surface area contributed by atoms with Crippen LogP contribution < -0.4 is 15.3 Å². The lowest BCUT2D eigenvalue weighted by Crippen LogP contribution is -2.55. The lowest BCUT2D eigenvalue weighted by molar-refractivity contribution is 0.428. The highest BCUT2D eigenvalue weighted by Crippen LogP contribution is 2.44. The fraction of sp³-hybridized carbons (Fsp3) is 0.636. The van der Waals surface area contributed by atoms with E-state index in [9.17, 15) is 9.59 Å². The molecule has 0 amide bonds. The van der Waals surface area contributed by atoms with Gasteiger partial charge in [-0.3, -0.25) is 9.59 Å². The molecule has 1 rings (SSSR count). The number of thioether (sulfide) groups is 1. The summed E-state index contributed by atoms with van der Waals surface area (Å²) >= 11 is 7.89. The van der Waals surface area contributed by atoms with Gasteiger partial charge in [0.15, 0.2) is 0 Å². The molecule has 0 spiro atoms. The lowest BCUT2D eigenvalue weighted by Gasteiger charge is -2.47. The highest BCUT2D eigenvalue weighted by Gasteiger charge is 2.44. The monoisotopic (exact) mass is 620 g/mol. The van der Waals surface area contributed by atoms with Crippen molar-refractivity contribution >= 4 is 91.7 Å². The van der Waals surface area contributed by atoms with Crippen molar-refractivity contribution in [2.24, 2.45) is 0 Å². The number of nitrogens with zero attached hydrogens (tertiary/aromatic N) is 2. The molecular formula is C11H15I3N2O2S. The van der Waals surface area contributed by atoms with Crippen molar-refractivity contribution in [1.29, 1.82) is 0 Å². The average Bonchev–Trinajstić information content (AvgIpc) is 2.32. The fourth-order valence-corrected chi connectivity index (χ4v) is 4.17. The molecule has 0 aromatic heterocycles. The van der Waals surface area contributed by atoms with Crippen LogP contribution in [0.15, 0.2) is 9.59 Å². The second-order valence-electron chi connectivity index (χ2n) is 5.14. The van der Waals surface area contributed by atoms with Gasteiger partial charge in [0.1, 0.15) is 11.4 Å². The Labute approximate surface area is 159 Å². The van der Waals surface area contributed by atoms with Crippen molar-refractivity contribution in [2.45, 2.75) is 38.0 Å². The predicted molar refractivity (Wildman–Crippen MR) is 110 cm³/mol. The van der Waals surface area contributed by atoms with Crippen LogP contribution in [0, 0.1) is 0 Å². The lowest BCUT2D eigenvalue weighted by atomic mass is 9.88. The third-order valence-electron chi connectivity index (χ3n) is 3.70. The van der Waals surface area contributed by atoms with Crippen LogP contribution in [0.2, 0.25) is 0 Å². The van der Waals surface area contributed by atoms with E-state index in [1.807, 2.05) is 48.8 Å². The van der Waals surface area contributed by atoms with Gasteiger partial charge in [-0.1, -0.05) is 0 Å². The smallest absolute Gasteiger partial charge is 0.255 e. The first-order chi connectivity index (χ1) is 8.49. The largest absolute Gasteiger partial charge is 0.302 e. The number of hydrogen-bond acceptors (Lipinski definition) is 5. The summed E-state index contributed by atoms with van der Waals surface area (Å²) in [7, 11) is 0. The van der Waals surface area contributed by atoms with E-state index < -0.39 is 10.9 Å². The highest BCUT2D eigenvalue weighted by molar-refractivity contribution is 14.2. The maximum atomic E-state index is 11.9. The number of anilines is 2. The minimum atomic E-state index is -0.404. The van der Waals surface area contributed by atoms with E-state index in [0.29, 0.717) is 11.4 Å². The van der Waals surface area contributed by atoms with E-state index in [1.54, 1.807) is 13.1 Å². The Balaban J connectivity index is 3.30. The quantitative estimate of drug-likeness (QED) is 0.285. The van der Waals surface area contributed by atoms with Gasteiger partial charge >= 0.3 is 0 Å². The third kappa shape index (κ3) is 3.05. The SMILES string of the molecule is CSC(C)(C)C(C)(C)N(I)c1c(N(I)I)c(=O)c1=O. The van der Waals surface area contributed by atoms with Crippen LogP contribution in [0.1, 0.15) is 27.7 Å². The second-order valence-corrected chi connectivity index (χ2v) is 11.3. The van der Waals surface area contributed by atoms with Gasteiger partial charge in [-0.05, 0) is 34.0 Å². The molecule has 4 nitrogen and oxygen atoms in total. The van der Waals surface area contributed by atoms with Gasteiger partial charge in [0.25, 0.3) is 10.9 Å². The van der Waals surface area contributed by atoms with Crippen LogP contribution in [0.3, 0.4) is 0 Å². The van der Waals surface area contributed by atoms with Crippen molar-refractivity contribution in [3.63, 3.8) is 0 Å². The zero-order chi connectivity index (χ0) is 15.2. The summed E-state index contributed by atoms with van der Waals surface area (Å²) in [5, 5.41) is 0. The van der Waals surface area contributed by atoms with E-state index in [2.05, 4.69) is 56.8 Å². The molecule has 0 N–H and O–H groups in total. The molecule has 1 aromatic rings. The van der Waals surface area contributed by atoms with Gasteiger partial charge in [-0.15, -0.1) is 0 Å².